The maximum absolute atomic E-state index is 13.6. The molecule has 1 saturated heterocycles. The normalized spacial score (nSPS) is 23.0. The number of para-hydroxylation sites is 2. The number of anilines is 1. The van der Waals surface area contributed by atoms with E-state index < -0.39 is 10.0 Å². The van der Waals surface area contributed by atoms with Crippen LogP contribution in [0.3, 0.4) is 0 Å². The molecule has 6 rings (SSSR count). The summed E-state index contributed by atoms with van der Waals surface area (Å²) in [4.78, 5) is 18.1. The lowest BCUT2D eigenvalue weighted by molar-refractivity contribution is 0.102. The number of nitrogens with one attached hydrogen (secondary N) is 1. The molecular weight excluding hydrogens is 514 g/mol. The highest BCUT2D eigenvalue weighted by Crippen LogP contribution is 2.53. The molecule has 0 spiro atoms. The van der Waals surface area contributed by atoms with Crippen LogP contribution in [0.1, 0.15) is 50.4 Å². The SMILES string of the molecule is CC1(C)CC2CC(C)(CN2S(=O)(=O)c2ccc(C(=O)Nc3ccccc3-c3nc4ccccc4s3)cc2)C1. The number of carbonyl (C=O) groups excluding carboxylic acids is 1. The molecule has 8 heteroatoms. The first-order valence-electron chi connectivity index (χ1n) is 12.9. The summed E-state index contributed by atoms with van der Waals surface area (Å²) in [5.41, 5.74) is 2.97. The van der Waals surface area contributed by atoms with Gasteiger partial charge in [0, 0.05) is 23.7 Å². The van der Waals surface area contributed by atoms with E-state index in [1.54, 1.807) is 39.9 Å². The van der Waals surface area contributed by atoms with Crippen LogP contribution in [0.2, 0.25) is 0 Å². The second-order valence-electron chi connectivity index (χ2n) is 11.8. The number of rotatable bonds is 5. The van der Waals surface area contributed by atoms with Crippen molar-refractivity contribution in [3.05, 3.63) is 78.4 Å². The van der Waals surface area contributed by atoms with Crippen molar-refractivity contribution < 1.29 is 13.2 Å². The number of amides is 1. The molecular formula is C30H31N3O3S2. The van der Waals surface area contributed by atoms with Crippen LogP contribution in [0.4, 0.5) is 5.69 Å². The van der Waals surface area contributed by atoms with Crippen LogP contribution in [0, 0.1) is 10.8 Å². The Kier molecular flexibility index (Phi) is 5.98. The maximum Gasteiger partial charge on any atom is 0.255 e. The second-order valence-corrected chi connectivity index (χ2v) is 14.7. The highest BCUT2D eigenvalue weighted by molar-refractivity contribution is 7.89. The van der Waals surface area contributed by atoms with Crippen LogP contribution in [0.25, 0.3) is 20.8 Å². The Bertz CT molecular complexity index is 1610. The third-order valence-electron chi connectivity index (χ3n) is 7.79. The van der Waals surface area contributed by atoms with Crippen LogP contribution in [-0.2, 0) is 10.0 Å². The van der Waals surface area contributed by atoms with Crippen LogP contribution in [0.5, 0.6) is 0 Å². The quantitative estimate of drug-likeness (QED) is 0.299. The van der Waals surface area contributed by atoms with Crippen LogP contribution >= 0.6 is 11.3 Å². The van der Waals surface area contributed by atoms with Gasteiger partial charge in [-0.2, -0.15) is 4.31 Å². The third-order valence-corrected chi connectivity index (χ3v) is 10.8. The molecule has 1 aliphatic carbocycles. The number of aromatic nitrogens is 1. The Labute approximate surface area is 227 Å². The van der Waals surface area contributed by atoms with Gasteiger partial charge in [0.2, 0.25) is 10.0 Å². The van der Waals surface area contributed by atoms with Gasteiger partial charge in [0.25, 0.3) is 5.91 Å². The van der Waals surface area contributed by atoms with Crippen LogP contribution in [0.15, 0.2) is 77.7 Å². The molecule has 2 aliphatic rings. The first-order valence-corrected chi connectivity index (χ1v) is 15.2. The van der Waals surface area contributed by atoms with Crippen molar-refractivity contribution in [1.82, 2.24) is 9.29 Å². The number of hydrogen-bond donors (Lipinski definition) is 1. The van der Waals surface area contributed by atoms with Crippen LogP contribution < -0.4 is 5.32 Å². The molecule has 196 valence electrons. The van der Waals surface area contributed by atoms with Gasteiger partial charge < -0.3 is 5.32 Å². The van der Waals surface area contributed by atoms with E-state index in [1.807, 2.05) is 48.5 Å². The molecule has 4 aromatic rings. The van der Waals surface area contributed by atoms with Crippen molar-refractivity contribution in [3.63, 3.8) is 0 Å². The number of thiazole rings is 1. The molecule has 2 atom stereocenters. The molecule has 38 heavy (non-hydrogen) atoms. The number of hydrogen-bond acceptors (Lipinski definition) is 5. The molecule has 2 heterocycles. The predicted octanol–water partition coefficient (Wildman–Crippen LogP) is 6.80. The van der Waals surface area contributed by atoms with E-state index >= 15 is 0 Å². The predicted molar refractivity (Wildman–Crippen MR) is 153 cm³/mol. The van der Waals surface area contributed by atoms with E-state index in [1.165, 1.54) is 0 Å². The van der Waals surface area contributed by atoms with Gasteiger partial charge in [-0.3, -0.25) is 4.79 Å². The second kappa shape index (κ2) is 9.00. The van der Waals surface area contributed by atoms with Gasteiger partial charge in [0.05, 0.1) is 20.8 Å². The van der Waals surface area contributed by atoms with Crippen molar-refractivity contribution >= 4 is 43.2 Å². The summed E-state index contributed by atoms with van der Waals surface area (Å²) in [5, 5.41) is 3.82. The lowest BCUT2D eigenvalue weighted by Crippen LogP contribution is -2.37. The standard InChI is InChI=1S/C30H31N3O3S2/c1-29(2)16-21-17-30(3,18-29)19-33(21)38(35,36)22-14-12-20(13-15-22)27(34)31-24-9-5-4-8-23(24)28-32-25-10-6-7-11-26(25)37-28/h4-15,21H,16-19H2,1-3H3,(H,31,34). The fraction of sp³-hybridized carbons (Fsp3) is 0.333. The highest BCUT2D eigenvalue weighted by Gasteiger charge is 2.53. The lowest BCUT2D eigenvalue weighted by atomic mass is 9.65. The molecule has 2 unspecified atom stereocenters. The number of carbonyl (C=O) groups is 1. The first-order chi connectivity index (χ1) is 18.0. The highest BCUT2D eigenvalue weighted by atomic mass is 32.2. The van der Waals surface area contributed by atoms with Gasteiger partial charge in [-0.15, -0.1) is 11.3 Å². The number of sulfonamides is 1. The minimum atomic E-state index is -3.64. The summed E-state index contributed by atoms with van der Waals surface area (Å²) < 4.78 is 30.0. The zero-order valence-electron chi connectivity index (χ0n) is 21.8. The van der Waals surface area contributed by atoms with Gasteiger partial charge in [-0.1, -0.05) is 45.0 Å². The van der Waals surface area contributed by atoms with E-state index in [4.69, 9.17) is 4.98 Å². The average Bonchev–Trinajstić information content (AvgIpc) is 3.41. The van der Waals surface area contributed by atoms with E-state index in [2.05, 4.69) is 26.1 Å². The summed E-state index contributed by atoms with van der Waals surface area (Å²) >= 11 is 1.58. The third kappa shape index (κ3) is 4.55. The van der Waals surface area contributed by atoms with E-state index in [0.29, 0.717) is 17.8 Å². The summed E-state index contributed by atoms with van der Waals surface area (Å²) in [6.45, 7) is 7.22. The van der Waals surface area contributed by atoms with Gasteiger partial charge in [-0.05, 0) is 78.6 Å². The summed E-state index contributed by atoms with van der Waals surface area (Å²) in [6.07, 6.45) is 2.81. The molecule has 6 nitrogen and oxygen atoms in total. The molecule has 1 aliphatic heterocycles. The molecule has 0 radical (unpaired) electrons. The van der Waals surface area contributed by atoms with Gasteiger partial charge >= 0.3 is 0 Å². The van der Waals surface area contributed by atoms with Gasteiger partial charge in [0.1, 0.15) is 5.01 Å². The Morgan fingerprint density at radius 2 is 1.68 bits per heavy atom. The molecule has 1 aromatic heterocycles. The minimum Gasteiger partial charge on any atom is -0.321 e. The first kappa shape index (κ1) is 25.2. The summed E-state index contributed by atoms with van der Waals surface area (Å²) in [6, 6.07) is 21.9. The molecule has 2 bridgehead atoms. The average molecular weight is 546 g/mol. The van der Waals surface area contributed by atoms with E-state index in [9.17, 15) is 13.2 Å². The van der Waals surface area contributed by atoms with Crippen molar-refractivity contribution in [2.45, 2.75) is 51.0 Å². The van der Waals surface area contributed by atoms with Crippen molar-refractivity contribution in [3.8, 4) is 10.6 Å². The van der Waals surface area contributed by atoms with Crippen molar-refractivity contribution in [1.29, 1.82) is 0 Å². The van der Waals surface area contributed by atoms with E-state index in [-0.39, 0.29) is 27.7 Å². The number of nitrogens with zero attached hydrogens (tertiary/aromatic N) is 2. The van der Waals surface area contributed by atoms with Crippen molar-refractivity contribution in [2.75, 3.05) is 11.9 Å². The summed E-state index contributed by atoms with van der Waals surface area (Å²) in [5.74, 6) is -0.297. The lowest BCUT2D eigenvalue weighted by Gasteiger charge is -2.39. The Balaban J connectivity index is 1.22. The zero-order valence-corrected chi connectivity index (χ0v) is 23.4. The van der Waals surface area contributed by atoms with E-state index in [0.717, 1.165) is 40.1 Å². The molecule has 2 fully saturated rings. The largest absolute Gasteiger partial charge is 0.321 e. The Morgan fingerprint density at radius 3 is 2.45 bits per heavy atom. The molecule has 1 saturated carbocycles. The minimum absolute atomic E-state index is 0.00989. The van der Waals surface area contributed by atoms with Gasteiger partial charge in [-0.25, -0.2) is 13.4 Å². The fourth-order valence-corrected chi connectivity index (χ4v) is 9.34. The molecule has 1 N–H and O–H groups in total. The molecule has 1 amide bonds. The Morgan fingerprint density at radius 1 is 0.974 bits per heavy atom. The topological polar surface area (TPSA) is 79.4 Å². The zero-order chi connectivity index (χ0) is 26.7. The maximum atomic E-state index is 13.6. The van der Waals surface area contributed by atoms with Crippen LogP contribution in [-0.4, -0.2) is 36.2 Å². The van der Waals surface area contributed by atoms with Crippen molar-refractivity contribution in [2.24, 2.45) is 10.8 Å². The number of benzene rings is 3. The van der Waals surface area contributed by atoms with Gasteiger partial charge in [0.15, 0.2) is 0 Å². The fourth-order valence-electron chi connectivity index (χ4n) is 6.56. The number of fused-ring (bicyclic) bond motifs is 3. The molecule has 3 aromatic carbocycles. The smallest absolute Gasteiger partial charge is 0.255 e. The summed E-state index contributed by atoms with van der Waals surface area (Å²) in [7, 11) is -3.64. The monoisotopic (exact) mass is 545 g/mol. The Hall–Kier alpha value is -3.07.